The van der Waals surface area contributed by atoms with Crippen molar-refractivity contribution in [2.45, 2.75) is 45.3 Å². The van der Waals surface area contributed by atoms with Crippen molar-refractivity contribution in [1.82, 2.24) is 9.80 Å². The smallest absolute Gasteiger partial charge is 0.317 e. The molecule has 4 nitrogen and oxygen atoms in total. The molecule has 1 heterocycles. The van der Waals surface area contributed by atoms with Crippen molar-refractivity contribution in [1.29, 1.82) is 0 Å². The number of likely N-dealkylation sites (tertiary alicyclic amines) is 1. The van der Waals surface area contributed by atoms with Crippen molar-refractivity contribution in [3.63, 3.8) is 0 Å². The number of hydrogen-bond acceptors (Lipinski definition) is 3. The molecule has 0 bridgehead atoms. The summed E-state index contributed by atoms with van der Waals surface area (Å²) in [6.45, 7) is 7.32. The van der Waals surface area contributed by atoms with Crippen molar-refractivity contribution >= 4 is 5.97 Å². The molecule has 1 saturated heterocycles. The van der Waals surface area contributed by atoms with E-state index in [2.05, 4.69) is 47.9 Å². The highest BCUT2D eigenvalue weighted by molar-refractivity contribution is 5.69. The highest BCUT2D eigenvalue weighted by Gasteiger charge is 2.28. The molecule has 1 aromatic rings. The van der Waals surface area contributed by atoms with Crippen LogP contribution in [0.4, 0.5) is 0 Å². The molecular formula is C17H26N2O2. The maximum atomic E-state index is 11.1. The quantitative estimate of drug-likeness (QED) is 0.874. The van der Waals surface area contributed by atoms with Gasteiger partial charge in [-0.05, 0) is 38.8 Å². The molecule has 0 spiro atoms. The molecule has 21 heavy (non-hydrogen) atoms. The molecular weight excluding hydrogens is 264 g/mol. The SMILES string of the molecule is CC(C)N(CC(=O)O)[C@H]1CCCN(Cc2ccccc2)C1. The van der Waals surface area contributed by atoms with Crippen LogP contribution in [0.15, 0.2) is 30.3 Å². The van der Waals surface area contributed by atoms with Gasteiger partial charge < -0.3 is 5.11 Å². The van der Waals surface area contributed by atoms with Crippen LogP contribution < -0.4 is 0 Å². The Labute approximate surface area is 127 Å². The molecule has 4 heteroatoms. The zero-order valence-electron chi connectivity index (χ0n) is 13.0. The van der Waals surface area contributed by atoms with Crippen LogP contribution in [0.3, 0.4) is 0 Å². The lowest BCUT2D eigenvalue weighted by atomic mass is 10.0. The summed E-state index contributed by atoms with van der Waals surface area (Å²) in [5, 5.41) is 9.11. The number of carboxylic acid groups (broad SMARTS) is 1. The van der Waals surface area contributed by atoms with Gasteiger partial charge in [0.2, 0.25) is 0 Å². The van der Waals surface area contributed by atoms with Crippen molar-refractivity contribution in [3.8, 4) is 0 Å². The number of nitrogens with zero attached hydrogens (tertiary/aromatic N) is 2. The Morgan fingerprint density at radius 1 is 1.38 bits per heavy atom. The lowest BCUT2D eigenvalue weighted by Crippen LogP contribution is -2.51. The fraction of sp³-hybridized carbons (Fsp3) is 0.588. The van der Waals surface area contributed by atoms with Gasteiger partial charge in [0, 0.05) is 25.2 Å². The standard InChI is InChI=1S/C17H26N2O2/c1-14(2)19(13-17(20)21)16-9-6-10-18(12-16)11-15-7-4-3-5-8-15/h3-5,7-8,14,16H,6,9-13H2,1-2H3,(H,20,21)/t16-/m0/s1. The lowest BCUT2D eigenvalue weighted by Gasteiger charge is -2.40. The average molecular weight is 290 g/mol. The summed E-state index contributed by atoms with van der Waals surface area (Å²) < 4.78 is 0. The summed E-state index contributed by atoms with van der Waals surface area (Å²) in [6.07, 6.45) is 2.23. The van der Waals surface area contributed by atoms with E-state index >= 15 is 0 Å². The Kier molecular flexibility index (Phi) is 5.76. The van der Waals surface area contributed by atoms with Crippen LogP contribution in [0.2, 0.25) is 0 Å². The third-order valence-electron chi connectivity index (χ3n) is 4.18. The highest BCUT2D eigenvalue weighted by Crippen LogP contribution is 2.19. The monoisotopic (exact) mass is 290 g/mol. The van der Waals surface area contributed by atoms with E-state index in [1.165, 1.54) is 5.56 Å². The summed E-state index contributed by atoms with van der Waals surface area (Å²) in [6, 6.07) is 11.1. The molecule has 0 amide bonds. The first-order valence-electron chi connectivity index (χ1n) is 7.80. The molecule has 1 aromatic carbocycles. The van der Waals surface area contributed by atoms with Gasteiger partial charge in [-0.15, -0.1) is 0 Å². The van der Waals surface area contributed by atoms with Crippen LogP contribution in [0.5, 0.6) is 0 Å². The topological polar surface area (TPSA) is 43.8 Å². The molecule has 1 aliphatic heterocycles. The van der Waals surface area contributed by atoms with Gasteiger partial charge in [0.15, 0.2) is 0 Å². The van der Waals surface area contributed by atoms with E-state index in [4.69, 9.17) is 5.11 Å². The minimum atomic E-state index is -0.733. The normalized spacial score (nSPS) is 20.1. The molecule has 1 aliphatic rings. The van der Waals surface area contributed by atoms with Crippen LogP contribution in [0.25, 0.3) is 0 Å². The largest absolute Gasteiger partial charge is 0.480 e. The minimum absolute atomic E-state index is 0.140. The predicted molar refractivity (Wildman–Crippen MR) is 84.2 cm³/mol. The van der Waals surface area contributed by atoms with Crippen LogP contribution >= 0.6 is 0 Å². The van der Waals surface area contributed by atoms with Crippen LogP contribution in [-0.4, -0.2) is 52.6 Å². The number of carboxylic acids is 1. The Balaban J connectivity index is 1.97. The number of benzene rings is 1. The van der Waals surface area contributed by atoms with Gasteiger partial charge in [-0.1, -0.05) is 30.3 Å². The summed E-state index contributed by atoms with van der Waals surface area (Å²) in [4.78, 5) is 15.6. The van der Waals surface area contributed by atoms with Crippen molar-refractivity contribution in [3.05, 3.63) is 35.9 Å². The summed E-state index contributed by atoms with van der Waals surface area (Å²) in [5.74, 6) is -0.733. The molecule has 0 saturated carbocycles. The molecule has 1 fully saturated rings. The van der Waals surface area contributed by atoms with Crippen LogP contribution in [0.1, 0.15) is 32.3 Å². The van der Waals surface area contributed by atoms with Gasteiger partial charge in [-0.2, -0.15) is 0 Å². The molecule has 0 aliphatic carbocycles. The lowest BCUT2D eigenvalue weighted by molar-refractivity contribution is -0.140. The van der Waals surface area contributed by atoms with Crippen LogP contribution in [-0.2, 0) is 11.3 Å². The maximum Gasteiger partial charge on any atom is 0.317 e. The van der Waals surface area contributed by atoms with Gasteiger partial charge in [0.25, 0.3) is 0 Å². The average Bonchev–Trinajstić information content (AvgIpc) is 2.45. The third-order valence-corrected chi connectivity index (χ3v) is 4.18. The summed E-state index contributed by atoms with van der Waals surface area (Å²) in [5.41, 5.74) is 1.33. The van der Waals surface area contributed by atoms with Crippen molar-refractivity contribution in [2.24, 2.45) is 0 Å². The Hall–Kier alpha value is -1.39. The van der Waals surface area contributed by atoms with Crippen molar-refractivity contribution < 1.29 is 9.90 Å². The first-order chi connectivity index (χ1) is 10.1. The number of aliphatic carboxylic acids is 1. The molecule has 116 valence electrons. The third kappa shape index (κ3) is 4.83. The van der Waals surface area contributed by atoms with E-state index in [1.807, 2.05) is 6.07 Å². The van der Waals surface area contributed by atoms with Gasteiger partial charge in [-0.3, -0.25) is 14.6 Å². The van der Waals surface area contributed by atoms with E-state index in [1.54, 1.807) is 0 Å². The summed E-state index contributed by atoms with van der Waals surface area (Å²) >= 11 is 0. The van der Waals surface area contributed by atoms with Gasteiger partial charge in [-0.25, -0.2) is 0 Å². The first-order valence-corrected chi connectivity index (χ1v) is 7.80. The highest BCUT2D eigenvalue weighted by atomic mass is 16.4. The van der Waals surface area contributed by atoms with E-state index in [0.717, 1.165) is 32.5 Å². The van der Waals surface area contributed by atoms with Gasteiger partial charge >= 0.3 is 5.97 Å². The molecule has 2 rings (SSSR count). The van der Waals surface area contributed by atoms with E-state index < -0.39 is 5.97 Å². The molecule has 0 aromatic heterocycles. The Morgan fingerprint density at radius 3 is 2.71 bits per heavy atom. The number of hydrogen-bond donors (Lipinski definition) is 1. The molecule has 1 N–H and O–H groups in total. The van der Waals surface area contributed by atoms with Gasteiger partial charge in [0.1, 0.15) is 0 Å². The second-order valence-corrected chi connectivity index (χ2v) is 6.18. The molecule has 0 radical (unpaired) electrons. The number of rotatable bonds is 6. The van der Waals surface area contributed by atoms with E-state index in [9.17, 15) is 4.79 Å². The predicted octanol–water partition coefficient (Wildman–Crippen LogP) is 2.45. The zero-order valence-corrected chi connectivity index (χ0v) is 13.0. The molecule has 0 unspecified atom stereocenters. The fourth-order valence-electron chi connectivity index (χ4n) is 3.18. The summed E-state index contributed by atoms with van der Waals surface area (Å²) in [7, 11) is 0. The fourth-order valence-corrected chi connectivity index (χ4v) is 3.18. The van der Waals surface area contributed by atoms with E-state index in [0.29, 0.717) is 6.04 Å². The Morgan fingerprint density at radius 2 is 2.10 bits per heavy atom. The first kappa shape index (κ1) is 16.0. The Bertz CT molecular complexity index is 447. The van der Waals surface area contributed by atoms with E-state index in [-0.39, 0.29) is 12.6 Å². The van der Waals surface area contributed by atoms with Crippen molar-refractivity contribution in [2.75, 3.05) is 19.6 Å². The minimum Gasteiger partial charge on any atom is -0.480 e. The second kappa shape index (κ2) is 7.57. The zero-order chi connectivity index (χ0) is 15.2. The number of carbonyl (C=O) groups is 1. The maximum absolute atomic E-state index is 11.1. The van der Waals surface area contributed by atoms with Gasteiger partial charge in [0.05, 0.1) is 6.54 Å². The molecule has 1 atom stereocenters. The van der Waals surface area contributed by atoms with Crippen LogP contribution in [0, 0.1) is 0 Å². The number of piperidine rings is 1. The second-order valence-electron chi connectivity index (χ2n) is 6.18.